The van der Waals surface area contributed by atoms with Gasteiger partial charge in [-0.3, -0.25) is 18.7 Å². The fourth-order valence-corrected chi connectivity index (χ4v) is 3.47. The molecule has 0 aliphatic carbocycles. The lowest BCUT2D eigenvalue weighted by Gasteiger charge is -2.29. The second-order valence-corrected chi connectivity index (χ2v) is 6.58. The number of fused-ring (bicyclic) bond motifs is 2. The highest BCUT2D eigenvalue weighted by atomic mass is 16.2. The first-order valence-electron chi connectivity index (χ1n) is 8.43. The minimum absolute atomic E-state index is 0.0200. The Balaban J connectivity index is 1.65. The highest BCUT2D eigenvalue weighted by Gasteiger charge is 2.22. The maximum Gasteiger partial charge on any atom is 0.332 e. The fraction of sp³-hybridized carbons (Fsp3) is 0.333. The van der Waals surface area contributed by atoms with Gasteiger partial charge in [-0.2, -0.15) is 0 Å². The van der Waals surface area contributed by atoms with E-state index in [0.717, 1.165) is 16.6 Å². The Morgan fingerprint density at radius 2 is 1.85 bits per heavy atom. The van der Waals surface area contributed by atoms with Gasteiger partial charge in [0.1, 0.15) is 6.54 Å². The zero-order valence-corrected chi connectivity index (χ0v) is 14.7. The molecule has 0 saturated heterocycles. The Hall–Kier alpha value is -3.16. The maximum atomic E-state index is 12.8. The summed E-state index contributed by atoms with van der Waals surface area (Å²) in [5, 5.41) is 0. The molecule has 0 bridgehead atoms. The van der Waals surface area contributed by atoms with Crippen molar-refractivity contribution in [2.45, 2.75) is 19.5 Å². The number of imidazole rings is 1. The van der Waals surface area contributed by atoms with Crippen LogP contribution in [0.1, 0.15) is 11.1 Å². The van der Waals surface area contributed by atoms with Gasteiger partial charge in [-0.05, 0) is 17.5 Å². The summed E-state index contributed by atoms with van der Waals surface area (Å²) in [6.07, 6.45) is 2.27. The van der Waals surface area contributed by atoms with Crippen LogP contribution < -0.4 is 11.2 Å². The Morgan fingerprint density at radius 1 is 1.12 bits per heavy atom. The van der Waals surface area contributed by atoms with Crippen LogP contribution in [0, 0.1) is 0 Å². The van der Waals surface area contributed by atoms with E-state index < -0.39 is 11.2 Å². The second kappa shape index (κ2) is 5.98. The number of nitrogens with zero attached hydrogens (tertiary/aromatic N) is 5. The van der Waals surface area contributed by atoms with E-state index in [1.54, 1.807) is 11.9 Å². The summed E-state index contributed by atoms with van der Waals surface area (Å²) in [4.78, 5) is 43.2. The highest BCUT2D eigenvalue weighted by molar-refractivity contribution is 5.79. The number of aryl methyl sites for hydroxylation is 1. The van der Waals surface area contributed by atoms with Crippen LogP contribution in [-0.2, 0) is 38.4 Å². The summed E-state index contributed by atoms with van der Waals surface area (Å²) in [6.45, 7) is 1.24. The third-order valence-corrected chi connectivity index (χ3v) is 5.01. The zero-order valence-electron chi connectivity index (χ0n) is 14.7. The van der Waals surface area contributed by atoms with Crippen molar-refractivity contribution in [1.29, 1.82) is 0 Å². The van der Waals surface area contributed by atoms with E-state index in [0.29, 0.717) is 13.1 Å². The Labute approximate surface area is 148 Å². The Morgan fingerprint density at radius 3 is 2.62 bits per heavy atom. The SMILES string of the molecule is Cn1c(=O)c2c(ncn2CC(=O)N2CCc3ccccc3C2)n(C)c1=O. The van der Waals surface area contributed by atoms with Gasteiger partial charge in [-0.1, -0.05) is 24.3 Å². The molecule has 1 aliphatic rings. The molecule has 0 N–H and O–H groups in total. The summed E-state index contributed by atoms with van der Waals surface area (Å²) in [5.74, 6) is -0.0743. The molecule has 26 heavy (non-hydrogen) atoms. The average molecular weight is 353 g/mol. The largest absolute Gasteiger partial charge is 0.336 e. The quantitative estimate of drug-likeness (QED) is 0.650. The van der Waals surface area contributed by atoms with Gasteiger partial charge in [0.2, 0.25) is 5.91 Å². The highest BCUT2D eigenvalue weighted by Crippen LogP contribution is 2.19. The number of aromatic nitrogens is 4. The van der Waals surface area contributed by atoms with Gasteiger partial charge >= 0.3 is 5.69 Å². The van der Waals surface area contributed by atoms with E-state index in [2.05, 4.69) is 11.1 Å². The van der Waals surface area contributed by atoms with Gasteiger partial charge in [-0.25, -0.2) is 9.78 Å². The van der Waals surface area contributed by atoms with Crippen molar-refractivity contribution < 1.29 is 4.79 Å². The molecule has 0 unspecified atom stereocenters. The summed E-state index contributed by atoms with van der Waals surface area (Å²) < 4.78 is 3.87. The first-order valence-corrected chi connectivity index (χ1v) is 8.43. The van der Waals surface area contributed by atoms with Gasteiger partial charge in [0.05, 0.1) is 6.33 Å². The van der Waals surface area contributed by atoms with Gasteiger partial charge in [0, 0.05) is 27.2 Å². The molecule has 0 atom stereocenters. The fourth-order valence-electron chi connectivity index (χ4n) is 3.47. The van der Waals surface area contributed by atoms with Gasteiger partial charge in [0.15, 0.2) is 11.2 Å². The average Bonchev–Trinajstić information content (AvgIpc) is 3.08. The number of carbonyl (C=O) groups excluding carboxylic acids is 1. The topological polar surface area (TPSA) is 82.1 Å². The summed E-state index contributed by atoms with van der Waals surface area (Å²) >= 11 is 0. The van der Waals surface area contributed by atoms with Gasteiger partial charge in [0.25, 0.3) is 5.56 Å². The van der Waals surface area contributed by atoms with Crippen molar-refractivity contribution in [3.05, 3.63) is 62.6 Å². The molecule has 8 heteroatoms. The molecular formula is C18H19N5O3. The first-order chi connectivity index (χ1) is 12.5. The second-order valence-electron chi connectivity index (χ2n) is 6.58. The van der Waals surface area contributed by atoms with Crippen molar-refractivity contribution in [1.82, 2.24) is 23.6 Å². The number of carbonyl (C=O) groups is 1. The lowest BCUT2D eigenvalue weighted by atomic mass is 10.00. The Kier molecular flexibility index (Phi) is 3.75. The minimum atomic E-state index is -0.447. The van der Waals surface area contributed by atoms with Gasteiger partial charge < -0.3 is 9.47 Å². The van der Waals surface area contributed by atoms with E-state index in [1.807, 2.05) is 18.2 Å². The molecule has 8 nitrogen and oxygen atoms in total. The first kappa shape index (κ1) is 16.3. The van der Waals surface area contributed by atoms with Crippen molar-refractivity contribution in [3.8, 4) is 0 Å². The summed E-state index contributed by atoms with van der Waals surface area (Å²) in [7, 11) is 2.98. The molecule has 0 fully saturated rings. The molecule has 0 spiro atoms. The number of rotatable bonds is 2. The molecule has 2 aromatic heterocycles. The molecule has 0 saturated carbocycles. The van der Waals surface area contributed by atoms with Crippen LogP contribution in [0.15, 0.2) is 40.2 Å². The van der Waals surface area contributed by atoms with E-state index in [9.17, 15) is 14.4 Å². The maximum absolute atomic E-state index is 12.8. The molecule has 3 heterocycles. The standard InChI is InChI=1S/C18H19N5O3/c1-20-16-15(17(25)21(2)18(20)26)23(11-19-16)10-14(24)22-8-7-12-5-3-4-6-13(12)9-22/h3-6,11H,7-10H2,1-2H3. The molecule has 4 rings (SSSR count). The normalized spacial score (nSPS) is 13.8. The predicted molar refractivity (Wildman–Crippen MR) is 95.8 cm³/mol. The molecule has 3 aromatic rings. The molecular weight excluding hydrogens is 334 g/mol. The molecule has 1 aliphatic heterocycles. The number of hydrogen-bond acceptors (Lipinski definition) is 4. The number of hydrogen-bond donors (Lipinski definition) is 0. The Bertz CT molecular complexity index is 1140. The van der Waals surface area contributed by atoms with Crippen LogP contribution in [0.2, 0.25) is 0 Å². The smallest absolute Gasteiger partial charge is 0.332 e. The van der Waals surface area contributed by atoms with Crippen LogP contribution in [0.5, 0.6) is 0 Å². The molecule has 0 radical (unpaired) electrons. The molecule has 134 valence electrons. The molecule has 1 amide bonds. The van der Waals surface area contributed by atoms with E-state index in [4.69, 9.17) is 0 Å². The summed E-state index contributed by atoms with van der Waals surface area (Å²) in [5.41, 5.74) is 2.09. The van der Waals surface area contributed by atoms with Crippen LogP contribution in [0.25, 0.3) is 11.2 Å². The van der Waals surface area contributed by atoms with Gasteiger partial charge in [-0.15, -0.1) is 0 Å². The zero-order chi connectivity index (χ0) is 18.4. The van der Waals surface area contributed by atoms with E-state index in [-0.39, 0.29) is 23.6 Å². The number of amides is 1. The van der Waals surface area contributed by atoms with Crippen LogP contribution in [0.4, 0.5) is 0 Å². The third-order valence-electron chi connectivity index (χ3n) is 5.01. The van der Waals surface area contributed by atoms with Crippen LogP contribution in [-0.4, -0.2) is 36.0 Å². The lowest BCUT2D eigenvalue weighted by Crippen LogP contribution is -2.39. The van der Waals surface area contributed by atoms with Crippen molar-refractivity contribution in [2.75, 3.05) is 6.54 Å². The predicted octanol–water partition coefficient (Wildman–Crippen LogP) is 0.0186. The van der Waals surface area contributed by atoms with Crippen LogP contribution in [0.3, 0.4) is 0 Å². The minimum Gasteiger partial charge on any atom is -0.336 e. The van der Waals surface area contributed by atoms with Crippen molar-refractivity contribution in [2.24, 2.45) is 14.1 Å². The third kappa shape index (κ3) is 2.45. The van der Waals surface area contributed by atoms with Crippen molar-refractivity contribution >= 4 is 17.1 Å². The lowest BCUT2D eigenvalue weighted by molar-refractivity contribution is -0.132. The van der Waals surface area contributed by atoms with E-state index in [1.165, 1.54) is 28.1 Å². The monoisotopic (exact) mass is 353 g/mol. The van der Waals surface area contributed by atoms with Crippen LogP contribution >= 0.6 is 0 Å². The van der Waals surface area contributed by atoms with E-state index >= 15 is 0 Å². The molecule has 1 aromatic carbocycles. The van der Waals surface area contributed by atoms with Crippen molar-refractivity contribution in [3.63, 3.8) is 0 Å². The number of benzene rings is 1. The summed E-state index contributed by atoms with van der Waals surface area (Å²) in [6, 6.07) is 8.10.